The third-order valence-electron chi connectivity index (χ3n) is 4.81. The molecule has 27 heavy (non-hydrogen) atoms. The Morgan fingerprint density at radius 2 is 1.85 bits per heavy atom. The minimum atomic E-state index is -2.85. The molecule has 0 spiro atoms. The molecule has 3 rings (SSSR count). The summed E-state index contributed by atoms with van der Waals surface area (Å²) in [7, 11) is 0. The summed E-state index contributed by atoms with van der Waals surface area (Å²) >= 11 is 0. The smallest absolute Gasteiger partial charge is 0.262 e. The Morgan fingerprint density at radius 1 is 1.15 bits per heavy atom. The van der Waals surface area contributed by atoms with Crippen molar-refractivity contribution in [3.05, 3.63) is 35.6 Å². The second-order valence-electron chi connectivity index (χ2n) is 6.86. The van der Waals surface area contributed by atoms with Crippen molar-refractivity contribution in [3.8, 4) is 0 Å². The van der Waals surface area contributed by atoms with E-state index in [0.29, 0.717) is 38.2 Å². The van der Waals surface area contributed by atoms with Crippen LogP contribution in [0.1, 0.15) is 18.4 Å². The van der Waals surface area contributed by atoms with E-state index in [1.807, 2.05) is 0 Å². The molecule has 0 bridgehead atoms. The van der Waals surface area contributed by atoms with Crippen LogP contribution in [-0.4, -0.2) is 66.3 Å². The first-order valence-corrected chi connectivity index (χ1v) is 8.76. The van der Waals surface area contributed by atoms with Crippen LogP contribution in [0.4, 0.5) is 13.2 Å². The van der Waals surface area contributed by atoms with Crippen LogP contribution >= 0.6 is 12.4 Å². The second-order valence-corrected chi connectivity index (χ2v) is 6.86. The quantitative estimate of drug-likeness (QED) is 0.835. The predicted molar refractivity (Wildman–Crippen MR) is 96.5 cm³/mol. The number of halogens is 4. The van der Waals surface area contributed by atoms with Gasteiger partial charge in [0.1, 0.15) is 5.82 Å². The number of alkyl halides is 2. The number of hydrogen-bond donors (Lipinski definition) is 1. The molecule has 1 unspecified atom stereocenters. The molecule has 2 aliphatic heterocycles. The molecule has 0 radical (unpaired) electrons. The average Bonchev–Trinajstić information content (AvgIpc) is 2.80. The molecule has 1 atom stereocenters. The third kappa shape index (κ3) is 5.59. The summed E-state index contributed by atoms with van der Waals surface area (Å²) in [6, 6.07) is 5.05. The maximum Gasteiger partial charge on any atom is 0.262 e. The standard InChI is InChI=1S/C18H22F3N3O2.ClH/c19-14-4-1-3-13(9-14)10-16(25)23-5-2-6-24(8-7-23)17(26)15-11-18(20,21)12-22-15;/h1,3-4,9,15,22H,2,5-8,10-12H2;1H. The van der Waals surface area contributed by atoms with Gasteiger partial charge in [0.25, 0.3) is 5.92 Å². The summed E-state index contributed by atoms with van der Waals surface area (Å²) in [6.07, 6.45) is 0.205. The highest BCUT2D eigenvalue weighted by molar-refractivity contribution is 5.85. The molecule has 2 aliphatic rings. The molecule has 0 aromatic heterocycles. The van der Waals surface area contributed by atoms with Crippen molar-refractivity contribution in [1.82, 2.24) is 15.1 Å². The molecule has 1 aromatic rings. The predicted octanol–water partition coefficient (Wildman–Crippen LogP) is 1.85. The van der Waals surface area contributed by atoms with Crippen LogP contribution < -0.4 is 5.32 Å². The Morgan fingerprint density at radius 3 is 2.52 bits per heavy atom. The second kappa shape index (κ2) is 8.93. The summed E-state index contributed by atoms with van der Waals surface area (Å²) in [5.41, 5.74) is 0.601. The van der Waals surface area contributed by atoms with Crippen molar-refractivity contribution in [2.75, 3.05) is 32.7 Å². The minimum absolute atomic E-state index is 0. The molecule has 1 N–H and O–H groups in total. The molecular weight excluding hydrogens is 383 g/mol. The Kier molecular flexibility index (Phi) is 7.11. The van der Waals surface area contributed by atoms with Crippen molar-refractivity contribution in [2.24, 2.45) is 0 Å². The van der Waals surface area contributed by atoms with E-state index in [1.165, 1.54) is 12.1 Å². The molecule has 2 fully saturated rings. The van der Waals surface area contributed by atoms with Crippen LogP contribution in [0, 0.1) is 5.82 Å². The van der Waals surface area contributed by atoms with Crippen LogP contribution in [0.3, 0.4) is 0 Å². The van der Waals surface area contributed by atoms with E-state index in [1.54, 1.807) is 21.9 Å². The number of carbonyl (C=O) groups is 2. The number of rotatable bonds is 3. The van der Waals surface area contributed by atoms with Crippen molar-refractivity contribution < 1.29 is 22.8 Å². The fraction of sp³-hybridized carbons (Fsp3) is 0.556. The summed E-state index contributed by atoms with van der Waals surface area (Å²) in [4.78, 5) is 28.1. The van der Waals surface area contributed by atoms with E-state index < -0.39 is 24.9 Å². The van der Waals surface area contributed by atoms with Gasteiger partial charge in [0, 0.05) is 32.6 Å². The minimum Gasteiger partial charge on any atom is -0.341 e. The lowest BCUT2D eigenvalue weighted by Crippen LogP contribution is -2.45. The maximum atomic E-state index is 13.3. The Labute approximate surface area is 162 Å². The zero-order valence-corrected chi connectivity index (χ0v) is 15.6. The SMILES string of the molecule is Cl.O=C(Cc1cccc(F)c1)N1CCCN(C(=O)C2CC(F)(F)CN2)CC1. The lowest BCUT2D eigenvalue weighted by atomic mass is 10.1. The number of hydrogen-bond acceptors (Lipinski definition) is 3. The normalized spacial score (nSPS) is 22.1. The number of benzene rings is 1. The van der Waals surface area contributed by atoms with Crippen molar-refractivity contribution in [2.45, 2.75) is 31.2 Å². The first-order chi connectivity index (χ1) is 12.3. The monoisotopic (exact) mass is 405 g/mol. The van der Waals surface area contributed by atoms with Gasteiger partial charge in [-0.15, -0.1) is 12.4 Å². The van der Waals surface area contributed by atoms with Gasteiger partial charge in [0.15, 0.2) is 0 Å². The molecule has 2 heterocycles. The van der Waals surface area contributed by atoms with Crippen LogP contribution in [0.2, 0.25) is 0 Å². The molecule has 9 heteroatoms. The summed E-state index contributed by atoms with van der Waals surface area (Å²) in [5.74, 6) is -3.69. The average molecular weight is 406 g/mol. The van der Waals surface area contributed by atoms with E-state index in [0.717, 1.165) is 0 Å². The molecule has 150 valence electrons. The van der Waals surface area contributed by atoms with Crippen molar-refractivity contribution >= 4 is 24.2 Å². The number of nitrogens with one attached hydrogen (secondary N) is 1. The van der Waals surface area contributed by atoms with E-state index in [4.69, 9.17) is 0 Å². The molecule has 1 aromatic carbocycles. The maximum absolute atomic E-state index is 13.3. The van der Waals surface area contributed by atoms with Crippen LogP contribution in [0.5, 0.6) is 0 Å². The highest BCUT2D eigenvalue weighted by Crippen LogP contribution is 2.26. The van der Waals surface area contributed by atoms with E-state index in [9.17, 15) is 22.8 Å². The van der Waals surface area contributed by atoms with Crippen molar-refractivity contribution in [3.63, 3.8) is 0 Å². The molecule has 0 saturated carbocycles. The summed E-state index contributed by atoms with van der Waals surface area (Å²) in [6.45, 7) is 1.12. The highest BCUT2D eigenvalue weighted by atomic mass is 35.5. The topological polar surface area (TPSA) is 52.7 Å². The van der Waals surface area contributed by atoms with Gasteiger partial charge in [-0.05, 0) is 24.1 Å². The lowest BCUT2D eigenvalue weighted by Gasteiger charge is -2.24. The molecule has 5 nitrogen and oxygen atoms in total. The Balaban J connectivity index is 0.00000261. The Bertz CT molecular complexity index is 690. The van der Waals surface area contributed by atoms with Gasteiger partial charge in [-0.3, -0.25) is 14.9 Å². The number of carbonyl (C=O) groups excluding carboxylic acids is 2. The highest BCUT2D eigenvalue weighted by Gasteiger charge is 2.43. The zero-order chi connectivity index (χ0) is 18.7. The van der Waals surface area contributed by atoms with Crippen LogP contribution in [0.25, 0.3) is 0 Å². The molecular formula is C18H23ClF3N3O2. The van der Waals surface area contributed by atoms with E-state index in [2.05, 4.69) is 5.32 Å². The summed E-state index contributed by atoms with van der Waals surface area (Å²) in [5, 5.41) is 2.58. The van der Waals surface area contributed by atoms with Gasteiger partial charge in [-0.2, -0.15) is 0 Å². The van der Waals surface area contributed by atoms with Crippen LogP contribution in [-0.2, 0) is 16.0 Å². The lowest BCUT2D eigenvalue weighted by molar-refractivity contribution is -0.134. The Hall–Kier alpha value is -1.80. The van der Waals surface area contributed by atoms with Crippen molar-refractivity contribution in [1.29, 1.82) is 0 Å². The van der Waals surface area contributed by atoms with Gasteiger partial charge < -0.3 is 9.80 Å². The van der Waals surface area contributed by atoms with E-state index in [-0.39, 0.29) is 36.5 Å². The molecule has 0 aliphatic carbocycles. The first-order valence-electron chi connectivity index (χ1n) is 8.76. The molecule has 2 amide bonds. The summed E-state index contributed by atoms with van der Waals surface area (Å²) < 4.78 is 39.8. The number of amides is 2. The number of nitrogens with zero attached hydrogens (tertiary/aromatic N) is 2. The zero-order valence-electron chi connectivity index (χ0n) is 14.8. The van der Waals surface area contributed by atoms with Gasteiger partial charge in [-0.1, -0.05) is 12.1 Å². The largest absolute Gasteiger partial charge is 0.341 e. The van der Waals surface area contributed by atoms with Gasteiger partial charge in [-0.25, -0.2) is 13.2 Å². The van der Waals surface area contributed by atoms with Gasteiger partial charge in [0.2, 0.25) is 11.8 Å². The fourth-order valence-electron chi connectivity index (χ4n) is 3.43. The third-order valence-corrected chi connectivity index (χ3v) is 4.81. The first kappa shape index (κ1) is 21.5. The van der Waals surface area contributed by atoms with Gasteiger partial charge in [0.05, 0.1) is 19.0 Å². The molecule has 2 saturated heterocycles. The van der Waals surface area contributed by atoms with Gasteiger partial charge >= 0.3 is 0 Å². The fourth-order valence-corrected chi connectivity index (χ4v) is 3.43. The van der Waals surface area contributed by atoms with E-state index >= 15 is 0 Å². The van der Waals surface area contributed by atoms with Crippen LogP contribution in [0.15, 0.2) is 24.3 Å².